The average molecular weight is 200 g/mol. The van der Waals surface area contributed by atoms with Gasteiger partial charge in [-0.25, -0.2) is 0 Å². The molecule has 0 aromatic heterocycles. The first-order chi connectivity index (χ1) is 6.65. The molecule has 82 valence electrons. The molecule has 4 heteroatoms. The normalized spacial score (nSPS) is 28.8. The third-order valence-corrected chi connectivity index (χ3v) is 2.84. The van der Waals surface area contributed by atoms with Gasteiger partial charge in [-0.2, -0.15) is 0 Å². The lowest BCUT2D eigenvalue weighted by atomic mass is 10.1. The smallest absolute Gasteiger partial charge is 0.236 e. The minimum absolute atomic E-state index is 0.0771. The van der Waals surface area contributed by atoms with Crippen molar-refractivity contribution in [2.45, 2.75) is 38.3 Å². The lowest BCUT2D eigenvalue weighted by Gasteiger charge is -2.19. The van der Waals surface area contributed by atoms with E-state index in [0.717, 1.165) is 12.8 Å². The van der Waals surface area contributed by atoms with Gasteiger partial charge in [-0.05, 0) is 19.8 Å². The van der Waals surface area contributed by atoms with Crippen LogP contribution in [0.15, 0.2) is 0 Å². The van der Waals surface area contributed by atoms with Crippen molar-refractivity contribution in [1.29, 1.82) is 0 Å². The topological polar surface area (TPSA) is 64.3 Å². The highest BCUT2D eigenvalue weighted by Crippen LogP contribution is 2.26. The van der Waals surface area contributed by atoms with Gasteiger partial charge in [-0.1, -0.05) is 6.42 Å². The van der Waals surface area contributed by atoms with Gasteiger partial charge in [0.15, 0.2) is 0 Å². The zero-order valence-electron chi connectivity index (χ0n) is 8.95. The molecule has 0 aromatic carbocycles. The summed E-state index contributed by atoms with van der Waals surface area (Å²) in [5.74, 6) is 0.384. The Labute approximate surface area is 85.2 Å². The summed E-state index contributed by atoms with van der Waals surface area (Å²) in [5, 5.41) is 2.84. The van der Waals surface area contributed by atoms with Gasteiger partial charge >= 0.3 is 0 Å². The van der Waals surface area contributed by atoms with Crippen LogP contribution in [0.4, 0.5) is 0 Å². The monoisotopic (exact) mass is 200 g/mol. The van der Waals surface area contributed by atoms with Gasteiger partial charge in [0.25, 0.3) is 0 Å². The Balaban J connectivity index is 2.27. The largest absolute Gasteiger partial charge is 0.381 e. The number of carbonyl (C=O) groups excluding carboxylic acids is 1. The quantitative estimate of drug-likeness (QED) is 0.684. The Morgan fingerprint density at radius 1 is 1.64 bits per heavy atom. The first-order valence-electron chi connectivity index (χ1n) is 5.21. The van der Waals surface area contributed by atoms with E-state index in [1.807, 2.05) is 0 Å². The molecule has 1 aliphatic carbocycles. The van der Waals surface area contributed by atoms with Crippen LogP contribution in [0.2, 0.25) is 0 Å². The molecular weight excluding hydrogens is 180 g/mol. The van der Waals surface area contributed by atoms with Crippen molar-refractivity contribution in [3.63, 3.8) is 0 Å². The number of carbonyl (C=O) groups is 1. The predicted molar refractivity (Wildman–Crippen MR) is 54.8 cm³/mol. The third kappa shape index (κ3) is 2.96. The van der Waals surface area contributed by atoms with Crippen molar-refractivity contribution in [1.82, 2.24) is 5.32 Å². The Hall–Kier alpha value is -0.610. The fourth-order valence-electron chi connectivity index (χ4n) is 1.94. The highest BCUT2D eigenvalue weighted by Gasteiger charge is 2.27. The number of ether oxygens (including phenoxy) is 1. The highest BCUT2D eigenvalue weighted by molar-refractivity contribution is 5.80. The van der Waals surface area contributed by atoms with Crippen LogP contribution < -0.4 is 11.1 Å². The average Bonchev–Trinajstić information content (AvgIpc) is 2.60. The SMILES string of the molecule is COC1CCCC1CNC(=O)[C@@H](C)N. The van der Waals surface area contributed by atoms with Gasteiger partial charge < -0.3 is 15.8 Å². The van der Waals surface area contributed by atoms with Gasteiger partial charge in [0.05, 0.1) is 12.1 Å². The summed E-state index contributed by atoms with van der Waals surface area (Å²) < 4.78 is 5.33. The fourth-order valence-corrected chi connectivity index (χ4v) is 1.94. The molecule has 3 atom stereocenters. The van der Waals surface area contributed by atoms with Crippen LogP contribution in [0.5, 0.6) is 0 Å². The number of methoxy groups -OCH3 is 1. The molecule has 1 fully saturated rings. The zero-order chi connectivity index (χ0) is 10.6. The Bertz CT molecular complexity index is 195. The first-order valence-corrected chi connectivity index (χ1v) is 5.21. The van der Waals surface area contributed by atoms with E-state index in [4.69, 9.17) is 10.5 Å². The molecule has 2 unspecified atom stereocenters. The standard InChI is InChI=1S/C10H20N2O2/c1-7(11)10(13)12-6-8-4-3-5-9(8)14-2/h7-9H,3-6,11H2,1-2H3,(H,12,13)/t7-,8?,9?/m1/s1. The van der Waals surface area contributed by atoms with Gasteiger partial charge in [-0.3, -0.25) is 4.79 Å². The van der Waals surface area contributed by atoms with Crippen LogP contribution in [-0.2, 0) is 9.53 Å². The molecule has 0 spiro atoms. The van der Waals surface area contributed by atoms with E-state index in [0.29, 0.717) is 18.6 Å². The van der Waals surface area contributed by atoms with Crippen molar-refractivity contribution < 1.29 is 9.53 Å². The van der Waals surface area contributed by atoms with Crippen LogP contribution in [0.25, 0.3) is 0 Å². The van der Waals surface area contributed by atoms with Crippen molar-refractivity contribution >= 4 is 5.91 Å². The summed E-state index contributed by atoms with van der Waals surface area (Å²) in [5.41, 5.74) is 5.44. The van der Waals surface area contributed by atoms with Gasteiger partial charge in [0.2, 0.25) is 5.91 Å². The Kier molecular flexibility index (Phi) is 4.35. The molecule has 4 nitrogen and oxygen atoms in total. The minimum atomic E-state index is -0.419. The van der Waals surface area contributed by atoms with Crippen molar-refractivity contribution in [2.75, 3.05) is 13.7 Å². The lowest BCUT2D eigenvalue weighted by Crippen LogP contribution is -2.41. The van der Waals surface area contributed by atoms with E-state index in [9.17, 15) is 4.79 Å². The second-order valence-electron chi connectivity index (χ2n) is 4.00. The molecule has 0 bridgehead atoms. The molecule has 1 amide bonds. The lowest BCUT2D eigenvalue weighted by molar-refractivity contribution is -0.122. The second-order valence-corrected chi connectivity index (χ2v) is 4.00. The molecule has 1 aliphatic rings. The second kappa shape index (κ2) is 5.32. The Morgan fingerprint density at radius 3 is 2.93 bits per heavy atom. The maximum atomic E-state index is 11.2. The van der Waals surface area contributed by atoms with Crippen LogP contribution in [-0.4, -0.2) is 31.7 Å². The van der Waals surface area contributed by atoms with Crippen LogP contribution in [0, 0.1) is 5.92 Å². The van der Waals surface area contributed by atoms with E-state index >= 15 is 0 Å². The van der Waals surface area contributed by atoms with E-state index in [1.54, 1.807) is 14.0 Å². The van der Waals surface area contributed by atoms with Crippen molar-refractivity contribution in [3.05, 3.63) is 0 Å². The molecule has 0 heterocycles. The van der Waals surface area contributed by atoms with E-state index < -0.39 is 6.04 Å². The number of hydrogen-bond acceptors (Lipinski definition) is 3. The maximum absolute atomic E-state index is 11.2. The van der Waals surface area contributed by atoms with Gasteiger partial charge in [0.1, 0.15) is 0 Å². The Morgan fingerprint density at radius 2 is 2.36 bits per heavy atom. The van der Waals surface area contributed by atoms with Crippen LogP contribution in [0.1, 0.15) is 26.2 Å². The number of amides is 1. The number of nitrogens with two attached hydrogens (primary N) is 1. The molecule has 0 saturated heterocycles. The van der Waals surface area contributed by atoms with Crippen molar-refractivity contribution in [2.24, 2.45) is 11.7 Å². The molecule has 1 rings (SSSR count). The molecule has 3 N–H and O–H groups in total. The van der Waals surface area contributed by atoms with E-state index in [2.05, 4.69) is 5.32 Å². The summed E-state index contributed by atoms with van der Waals surface area (Å²) in [4.78, 5) is 11.2. The van der Waals surface area contributed by atoms with Gasteiger partial charge in [-0.15, -0.1) is 0 Å². The third-order valence-electron chi connectivity index (χ3n) is 2.84. The molecule has 0 aromatic rings. The summed E-state index contributed by atoms with van der Waals surface area (Å²) in [6.45, 7) is 2.39. The summed E-state index contributed by atoms with van der Waals surface area (Å²) >= 11 is 0. The van der Waals surface area contributed by atoms with Crippen LogP contribution >= 0.6 is 0 Å². The zero-order valence-corrected chi connectivity index (χ0v) is 8.95. The molecule has 14 heavy (non-hydrogen) atoms. The summed E-state index contributed by atoms with van der Waals surface area (Å²) in [7, 11) is 1.73. The van der Waals surface area contributed by atoms with E-state index in [-0.39, 0.29) is 5.91 Å². The number of hydrogen-bond donors (Lipinski definition) is 2. The number of rotatable bonds is 4. The summed E-state index contributed by atoms with van der Waals surface area (Å²) in [6.07, 6.45) is 3.74. The first kappa shape index (κ1) is 11.5. The molecular formula is C10H20N2O2. The minimum Gasteiger partial charge on any atom is -0.381 e. The molecule has 0 aliphatic heterocycles. The highest BCUT2D eigenvalue weighted by atomic mass is 16.5. The van der Waals surface area contributed by atoms with Gasteiger partial charge in [0, 0.05) is 19.6 Å². The predicted octanol–water partition coefficient (Wildman–Crippen LogP) is 0.265. The summed E-state index contributed by atoms with van der Waals surface area (Å²) in [6, 6.07) is -0.419. The fraction of sp³-hybridized carbons (Fsp3) is 0.900. The molecule has 0 radical (unpaired) electrons. The number of nitrogens with one attached hydrogen (secondary N) is 1. The molecule has 1 saturated carbocycles. The van der Waals surface area contributed by atoms with Crippen LogP contribution in [0.3, 0.4) is 0 Å². The maximum Gasteiger partial charge on any atom is 0.236 e. The van der Waals surface area contributed by atoms with Crippen molar-refractivity contribution in [3.8, 4) is 0 Å². The van der Waals surface area contributed by atoms with E-state index in [1.165, 1.54) is 6.42 Å².